The molecule has 0 unspecified atom stereocenters. The fraction of sp³-hybridized carbons (Fsp3) is 0.182. The van der Waals surface area contributed by atoms with Crippen molar-refractivity contribution in [2.45, 2.75) is 6.42 Å². The highest BCUT2D eigenvalue weighted by Crippen LogP contribution is 2.24. The summed E-state index contributed by atoms with van der Waals surface area (Å²) >= 11 is 0. The van der Waals surface area contributed by atoms with Crippen molar-refractivity contribution in [2.24, 2.45) is 5.73 Å². The summed E-state index contributed by atoms with van der Waals surface area (Å²) in [7, 11) is 0. The molecule has 0 aliphatic rings. The molecular formula is C11H12N6O3. The molecule has 2 amide bonds. The SMILES string of the molecule is NC(=O)CCOc1ccccc1NC(=O)c1nn[nH]n1. The summed E-state index contributed by atoms with van der Waals surface area (Å²) < 4.78 is 5.39. The second kappa shape index (κ2) is 6.27. The molecule has 2 rings (SSSR count). The zero-order valence-electron chi connectivity index (χ0n) is 10.4. The third-order valence-electron chi connectivity index (χ3n) is 2.29. The van der Waals surface area contributed by atoms with Crippen molar-refractivity contribution in [3.8, 4) is 5.75 Å². The van der Waals surface area contributed by atoms with Crippen molar-refractivity contribution in [3.05, 3.63) is 30.1 Å². The van der Waals surface area contributed by atoms with E-state index in [9.17, 15) is 9.59 Å². The van der Waals surface area contributed by atoms with E-state index in [-0.39, 0.29) is 18.9 Å². The minimum atomic E-state index is -0.523. The average molecular weight is 276 g/mol. The van der Waals surface area contributed by atoms with Gasteiger partial charge in [-0.2, -0.15) is 5.21 Å². The van der Waals surface area contributed by atoms with Crippen molar-refractivity contribution in [1.29, 1.82) is 0 Å². The molecule has 0 radical (unpaired) electrons. The van der Waals surface area contributed by atoms with Crippen LogP contribution in [0.15, 0.2) is 24.3 Å². The lowest BCUT2D eigenvalue weighted by Crippen LogP contribution is -2.17. The highest BCUT2D eigenvalue weighted by molar-refractivity contribution is 6.02. The molecule has 0 saturated carbocycles. The normalized spacial score (nSPS) is 10.0. The van der Waals surface area contributed by atoms with Crippen LogP contribution in [0.3, 0.4) is 0 Å². The predicted octanol–water partition coefficient (Wildman–Crippen LogP) is -0.294. The lowest BCUT2D eigenvalue weighted by Gasteiger charge is -2.10. The minimum Gasteiger partial charge on any atom is -0.491 e. The Morgan fingerprint density at radius 2 is 2.15 bits per heavy atom. The second-order valence-corrected chi connectivity index (χ2v) is 3.75. The van der Waals surface area contributed by atoms with Gasteiger partial charge in [0.25, 0.3) is 11.7 Å². The Hall–Kier alpha value is -2.97. The minimum absolute atomic E-state index is 0.0862. The van der Waals surface area contributed by atoms with E-state index in [1.165, 1.54) is 0 Å². The standard InChI is InChI=1S/C11H12N6O3/c12-9(18)5-6-20-8-4-2-1-3-7(8)13-11(19)10-14-16-17-15-10/h1-4H,5-6H2,(H2,12,18)(H,13,19)(H,14,15,16,17). The van der Waals surface area contributed by atoms with Gasteiger partial charge < -0.3 is 15.8 Å². The van der Waals surface area contributed by atoms with Gasteiger partial charge in [-0.3, -0.25) is 9.59 Å². The van der Waals surface area contributed by atoms with Crippen LogP contribution >= 0.6 is 0 Å². The summed E-state index contributed by atoms with van der Waals surface area (Å²) in [4.78, 5) is 22.4. The summed E-state index contributed by atoms with van der Waals surface area (Å²) in [6, 6.07) is 6.78. The molecule has 0 atom stereocenters. The molecule has 9 nitrogen and oxygen atoms in total. The number of aromatic amines is 1. The Labute approximate surface area is 113 Å². The molecule has 0 bridgehead atoms. The van der Waals surface area contributed by atoms with E-state index in [4.69, 9.17) is 10.5 Å². The molecule has 1 aromatic heterocycles. The number of nitrogens with zero attached hydrogens (tertiary/aromatic N) is 3. The van der Waals surface area contributed by atoms with Crippen molar-refractivity contribution in [2.75, 3.05) is 11.9 Å². The fourth-order valence-electron chi connectivity index (χ4n) is 1.39. The van der Waals surface area contributed by atoms with Crippen LogP contribution in [-0.4, -0.2) is 39.0 Å². The van der Waals surface area contributed by atoms with E-state index in [0.717, 1.165) is 0 Å². The van der Waals surface area contributed by atoms with Gasteiger partial charge in [0.2, 0.25) is 5.91 Å². The molecular weight excluding hydrogens is 264 g/mol. The summed E-state index contributed by atoms with van der Waals surface area (Å²) in [5, 5.41) is 15.2. The van der Waals surface area contributed by atoms with Gasteiger partial charge in [0.1, 0.15) is 5.75 Å². The third kappa shape index (κ3) is 3.51. The topological polar surface area (TPSA) is 136 Å². The lowest BCUT2D eigenvalue weighted by molar-refractivity contribution is -0.118. The molecule has 9 heteroatoms. The van der Waals surface area contributed by atoms with Crippen LogP contribution in [0.25, 0.3) is 0 Å². The van der Waals surface area contributed by atoms with Crippen molar-refractivity contribution in [1.82, 2.24) is 20.6 Å². The fourth-order valence-corrected chi connectivity index (χ4v) is 1.39. The lowest BCUT2D eigenvalue weighted by atomic mass is 10.3. The number of benzene rings is 1. The Bertz CT molecular complexity index is 598. The van der Waals surface area contributed by atoms with Gasteiger partial charge in [0.15, 0.2) is 0 Å². The highest BCUT2D eigenvalue weighted by Gasteiger charge is 2.13. The van der Waals surface area contributed by atoms with E-state index in [1.807, 2.05) is 0 Å². The predicted molar refractivity (Wildman–Crippen MR) is 67.9 cm³/mol. The van der Waals surface area contributed by atoms with Crippen LogP contribution in [0.1, 0.15) is 17.0 Å². The number of hydrogen-bond acceptors (Lipinski definition) is 6. The number of ether oxygens (including phenoxy) is 1. The summed E-state index contributed by atoms with van der Waals surface area (Å²) in [6.45, 7) is 0.129. The molecule has 1 aromatic carbocycles. The third-order valence-corrected chi connectivity index (χ3v) is 2.29. The summed E-state index contributed by atoms with van der Waals surface area (Å²) in [5.74, 6) is -0.648. The number of nitrogens with one attached hydrogen (secondary N) is 2. The largest absolute Gasteiger partial charge is 0.491 e. The number of amides is 2. The van der Waals surface area contributed by atoms with E-state index in [1.54, 1.807) is 24.3 Å². The number of para-hydroxylation sites is 2. The Kier molecular flexibility index (Phi) is 4.22. The molecule has 20 heavy (non-hydrogen) atoms. The summed E-state index contributed by atoms with van der Waals surface area (Å²) in [5.41, 5.74) is 5.46. The highest BCUT2D eigenvalue weighted by atomic mass is 16.5. The molecule has 104 valence electrons. The first-order chi connectivity index (χ1) is 9.66. The zero-order valence-corrected chi connectivity index (χ0v) is 10.4. The number of tetrazole rings is 1. The molecule has 1 heterocycles. The molecule has 0 saturated heterocycles. The van der Waals surface area contributed by atoms with Crippen LogP contribution < -0.4 is 15.8 Å². The molecule has 0 fully saturated rings. The number of carbonyl (C=O) groups is 2. The molecule has 4 N–H and O–H groups in total. The van der Waals surface area contributed by atoms with Gasteiger partial charge in [-0.1, -0.05) is 12.1 Å². The van der Waals surface area contributed by atoms with E-state index >= 15 is 0 Å². The number of aromatic nitrogens is 4. The first-order valence-corrected chi connectivity index (χ1v) is 5.72. The first kappa shape index (κ1) is 13.5. The van der Waals surface area contributed by atoms with Crippen molar-refractivity contribution in [3.63, 3.8) is 0 Å². The number of carbonyl (C=O) groups excluding carboxylic acids is 2. The van der Waals surface area contributed by atoms with E-state index in [0.29, 0.717) is 11.4 Å². The van der Waals surface area contributed by atoms with E-state index < -0.39 is 11.8 Å². The Balaban J connectivity index is 2.04. The molecule has 0 aliphatic heterocycles. The van der Waals surface area contributed by atoms with Crippen LogP contribution in [0.4, 0.5) is 5.69 Å². The maximum Gasteiger partial charge on any atom is 0.297 e. The maximum atomic E-state index is 11.8. The number of H-pyrrole nitrogens is 1. The first-order valence-electron chi connectivity index (χ1n) is 5.72. The van der Waals surface area contributed by atoms with Crippen LogP contribution in [0, 0.1) is 0 Å². The van der Waals surface area contributed by atoms with Gasteiger partial charge in [0.05, 0.1) is 18.7 Å². The Morgan fingerprint density at radius 1 is 1.35 bits per heavy atom. The molecule has 0 spiro atoms. The van der Waals surface area contributed by atoms with Crippen molar-refractivity contribution >= 4 is 17.5 Å². The van der Waals surface area contributed by atoms with Gasteiger partial charge in [-0.25, -0.2) is 0 Å². The smallest absolute Gasteiger partial charge is 0.297 e. The second-order valence-electron chi connectivity index (χ2n) is 3.75. The van der Waals surface area contributed by atoms with E-state index in [2.05, 4.69) is 25.9 Å². The van der Waals surface area contributed by atoms with Gasteiger partial charge in [-0.15, -0.1) is 10.2 Å². The quantitative estimate of drug-likeness (QED) is 0.663. The summed E-state index contributed by atoms with van der Waals surface area (Å²) in [6.07, 6.45) is 0.0904. The van der Waals surface area contributed by atoms with Crippen LogP contribution in [-0.2, 0) is 4.79 Å². The van der Waals surface area contributed by atoms with Gasteiger partial charge in [0, 0.05) is 0 Å². The average Bonchev–Trinajstić information content (AvgIpc) is 2.94. The van der Waals surface area contributed by atoms with Crippen molar-refractivity contribution < 1.29 is 14.3 Å². The maximum absolute atomic E-state index is 11.8. The van der Waals surface area contributed by atoms with Gasteiger partial charge >= 0.3 is 0 Å². The number of rotatable bonds is 6. The molecule has 0 aliphatic carbocycles. The molecule has 2 aromatic rings. The number of hydrogen-bond donors (Lipinski definition) is 3. The number of primary amides is 1. The van der Waals surface area contributed by atoms with Crippen LogP contribution in [0.2, 0.25) is 0 Å². The Morgan fingerprint density at radius 3 is 2.85 bits per heavy atom. The van der Waals surface area contributed by atoms with Crippen LogP contribution in [0.5, 0.6) is 5.75 Å². The monoisotopic (exact) mass is 276 g/mol. The number of nitrogens with two attached hydrogens (primary N) is 1. The number of anilines is 1. The zero-order chi connectivity index (χ0) is 14.4. The van der Waals surface area contributed by atoms with Gasteiger partial charge in [-0.05, 0) is 17.3 Å².